The van der Waals surface area contributed by atoms with Gasteiger partial charge >= 0.3 is 17.1 Å². The molecule has 0 aliphatic carbocycles. The predicted octanol–water partition coefficient (Wildman–Crippen LogP) is 4.57. The molecule has 0 amide bonds. The monoisotopic (exact) mass is 396 g/mol. The van der Waals surface area contributed by atoms with Gasteiger partial charge in [0.05, 0.1) is 0 Å². The van der Waals surface area contributed by atoms with Gasteiger partial charge < -0.3 is 5.32 Å². The third-order valence-corrected chi connectivity index (χ3v) is 4.75. The van der Waals surface area contributed by atoms with Gasteiger partial charge in [0.25, 0.3) is 0 Å². The van der Waals surface area contributed by atoms with Crippen molar-refractivity contribution in [2.45, 2.75) is 13.8 Å². The number of nitrogens with one attached hydrogen (secondary N) is 1. The van der Waals surface area contributed by atoms with Gasteiger partial charge in [0, 0.05) is 22.8 Å². The van der Waals surface area contributed by atoms with Gasteiger partial charge in [-0.2, -0.15) is 18.6 Å². The molecule has 4 heteroatoms. The molecule has 1 unspecified atom stereocenters. The molecule has 1 atom stereocenters. The fourth-order valence-corrected chi connectivity index (χ4v) is 3.03. The minimum absolute atomic E-state index is 0. The van der Waals surface area contributed by atoms with Gasteiger partial charge in [-0.15, -0.1) is 6.07 Å². The van der Waals surface area contributed by atoms with Gasteiger partial charge in [-0.25, -0.2) is 0 Å². The molecule has 2 rings (SSSR count). The van der Waals surface area contributed by atoms with Crippen molar-refractivity contribution in [3.8, 4) is 0 Å². The fourth-order valence-electron chi connectivity index (χ4n) is 1.85. The fraction of sp³-hybridized carbons (Fsp3) is 0.235. The first-order chi connectivity index (χ1) is 9.16. The van der Waals surface area contributed by atoms with Crippen molar-refractivity contribution in [1.82, 2.24) is 0 Å². The summed E-state index contributed by atoms with van der Waals surface area (Å²) in [6, 6.07) is 16.7. The Hall–Kier alpha value is -0.421. The molecule has 1 radical (unpaired) electrons. The van der Waals surface area contributed by atoms with Crippen molar-refractivity contribution in [3.63, 3.8) is 0 Å². The van der Waals surface area contributed by atoms with E-state index in [-0.39, 0.29) is 34.1 Å². The molecule has 0 aromatic heterocycles. The van der Waals surface area contributed by atoms with E-state index in [1.165, 1.54) is 17.2 Å². The molecule has 1 nitrogen and oxygen atoms in total. The zero-order valence-electron chi connectivity index (χ0n) is 12.2. The summed E-state index contributed by atoms with van der Waals surface area (Å²) in [6.07, 6.45) is 1.24. The van der Waals surface area contributed by atoms with Crippen LogP contribution in [0.3, 0.4) is 0 Å². The largest absolute Gasteiger partial charge is 1.00 e. The first-order valence-electron chi connectivity index (χ1n) is 6.67. The van der Waals surface area contributed by atoms with Crippen LogP contribution in [0.15, 0.2) is 48.5 Å². The van der Waals surface area contributed by atoms with Crippen molar-refractivity contribution in [3.05, 3.63) is 61.0 Å². The summed E-state index contributed by atoms with van der Waals surface area (Å²) in [6.45, 7) is 8.60. The summed E-state index contributed by atoms with van der Waals surface area (Å²) in [5, 5.41) is 4.91. The Kier molecular flexibility index (Phi) is 10.1. The van der Waals surface area contributed by atoms with Crippen LogP contribution in [0.25, 0.3) is 0 Å². The van der Waals surface area contributed by atoms with E-state index in [9.17, 15) is 0 Å². The topological polar surface area (TPSA) is 12.0 Å². The Balaban J connectivity index is 0.00000200. The van der Waals surface area contributed by atoms with Gasteiger partial charge in [-0.3, -0.25) is 0 Å². The van der Waals surface area contributed by atoms with Crippen LogP contribution in [0.4, 0.5) is 11.4 Å². The van der Waals surface area contributed by atoms with Gasteiger partial charge in [0.1, 0.15) is 0 Å². The van der Waals surface area contributed by atoms with Gasteiger partial charge in [0.2, 0.25) is 0 Å². The molecule has 21 heavy (non-hydrogen) atoms. The SMILES string of the molecule is [CH2-]c1ccccc1Nc1ccccc1PCC(C)C.[Cu+].[Cu]. The average Bonchev–Trinajstić information content (AvgIpc) is 2.40. The van der Waals surface area contributed by atoms with Crippen LogP contribution in [0.2, 0.25) is 0 Å². The summed E-state index contributed by atoms with van der Waals surface area (Å²) in [7, 11) is 0.849. The van der Waals surface area contributed by atoms with Crippen molar-refractivity contribution in [2.75, 3.05) is 11.5 Å². The van der Waals surface area contributed by atoms with Gasteiger partial charge in [-0.1, -0.05) is 58.4 Å². The molecule has 0 heterocycles. The van der Waals surface area contributed by atoms with Crippen LogP contribution >= 0.6 is 8.58 Å². The second-order valence-electron chi connectivity index (χ2n) is 5.10. The predicted molar refractivity (Wildman–Crippen MR) is 88.3 cm³/mol. The number of anilines is 2. The van der Waals surface area contributed by atoms with Crippen molar-refractivity contribution in [1.29, 1.82) is 0 Å². The zero-order valence-corrected chi connectivity index (χ0v) is 15.1. The number of benzene rings is 2. The second kappa shape index (κ2) is 10.3. The normalized spacial score (nSPS) is 10.2. The first kappa shape index (κ1) is 20.6. The molecular weight excluding hydrogens is 376 g/mol. The Morgan fingerprint density at radius 3 is 2.19 bits per heavy atom. The Morgan fingerprint density at radius 1 is 1.00 bits per heavy atom. The summed E-state index contributed by atoms with van der Waals surface area (Å²) >= 11 is 0. The maximum Gasteiger partial charge on any atom is 1.00 e. The average molecular weight is 397 g/mol. The maximum absolute atomic E-state index is 4.06. The van der Waals surface area contributed by atoms with Crippen molar-refractivity contribution < 1.29 is 34.1 Å². The number of rotatable bonds is 5. The number of para-hydroxylation sites is 2. The molecular formula is C17H21Cu2NP. The molecule has 1 N–H and O–H groups in total. The Bertz CT molecular complexity index is 544. The summed E-state index contributed by atoms with van der Waals surface area (Å²) < 4.78 is 0. The third-order valence-electron chi connectivity index (χ3n) is 2.91. The molecule has 2 aromatic carbocycles. The molecule has 0 spiro atoms. The minimum Gasteiger partial charge on any atom is -0.407 e. The standard InChI is InChI=1S/C17H21NP.2Cu/c1-13(2)12-19-17-11-7-6-10-16(17)18-15-9-5-4-8-14(15)3;;/h4-11,13,18-19H,3,12H2,1-2H3;;/q-1;;+1. The van der Waals surface area contributed by atoms with Crippen LogP contribution in [0.1, 0.15) is 19.4 Å². The Labute approximate surface area is 151 Å². The first-order valence-corrected chi connectivity index (χ1v) is 7.88. The van der Waals surface area contributed by atoms with E-state index in [4.69, 9.17) is 0 Å². The van der Waals surface area contributed by atoms with E-state index in [1.54, 1.807) is 0 Å². The van der Waals surface area contributed by atoms with Crippen LogP contribution in [0.5, 0.6) is 0 Å². The molecule has 2 aromatic rings. The smallest absolute Gasteiger partial charge is 0.407 e. The van der Waals surface area contributed by atoms with Crippen LogP contribution < -0.4 is 10.6 Å². The van der Waals surface area contributed by atoms with Crippen LogP contribution in [-0.2, 0) is 34.1 Å². The molecule has 0 fully saturated rings. The quantitative estimate of drug-likeness (QED) is 0.443. The van der Waals surface area contributed by atoms with E-state index < -0.39 is 0 Å². The van der Waals surface area contributed by atoms with E-state index >= 15 is 0 Å². The summed E-state index contributed by atoms with van der Waals surface area (Å²) in [5.74, 6) is 0.742. The molecule has 0 aliphatic rings. The van der Waals surface area contributed by atoms with E-state index in [2.05, 4.69) is 56.4 Å². The Morgan fingerprint density at radius 2 is 1.57 bits per heavy atom. The maximum atomic E-state index is 4.06. The summed E-state index contributed by atoms with van der Waals surface area (Å²) in [5.41, 5.74) is 3.33. The summed E-state index contributed by atoms with van der Waals surface area (Å²) in [4.78, 5) is 0. The molecule has 0 bridgehead atoms. The molecule has 121 valence electrons. The van der Waals surface area contributed by atoms with E-state index in [0.717, 1.165) is 25.7 Å². The van der Waals surface area contributed by atoms with Gasteiger partial charge in [-0.05, 0) is 23.5 Å². The zero-order chi connectivity index (χ0) is 13.7. The van der Waals surface area contributed by atoms with E-state index in [1.807, 2.05) is 18.2 Å². The number of hydrogen-bond donors (Lipinski definition) is 1. The molecule has 0 saturated carbocycles. The van der Waals surface area contributed by atoms with Crippen LogP contribution in [-0.4, -0.2) is 6.16 Å². The van der Waals surface area contributed by atoms with E-state index in [0.29, 0.717) is 0 Å². The minimum atomic E-state index is 0. The van der Waals surface area contributed by atoms with Crippen LogP contribution in [0, 0.1) is 12.8 Å². The molecule has 0 aliphatic heterocycles. The molecule has 0 saturated heterocycles. The van der Waals surface area contributed by atoms with Gasteiger partial charge in [0.15, 0.2) is 0 Å². The number of hydrogen-bond acceptors (Lipinski definition) is 1. The second-order valence-corrected chi connectivity index (χ2v) is 6.40. The van der Waals surface area contributed by atoms with Crippen molar-refractivity contribution >= 4 is 25.3 Å². The third kappa shape index (κ3) is 6.47. The van der Waals surface area contributed by atoms with Crippen molar-refractivity contribution in [2.24, 2.45) is 5.92 Å².